The normalized spacial score (nSPS) is 36.0. The van der Waals surface area contributed by atoms with Gasteiger partial charge >= 0.3 is 5.91 Å². The highest BCUT2D eigenvalue weighted by Gasteiger charge is 2.33. The molecule has 0 bridgehead atoms. The summed E-state index contributed by atoms with van der Waals surface area (Å²) in [5.74, 6) is -4.01. The van der Waals surface area contributed by atoms with Gasteiger partial charge < -0.3 is 19.6 Å². The highest BCUT2D eigenvalue weighted by Crippen LogP contribution is 2.28. The van der Waals surface area contributed by atoms with Crippen LogP contribution in [0.15, 0.2) is 18.6 Å². The molecule has 1 amide bonds. The van der Waals surface area contributed by atoms with Crippen molar-refractivity contribution in [3.8, 4) is 0 Å². The molecule has 23 heavy (non-hydrogen) atoms. The Morgan fingerprint density at radius 1 is 1.74 bits per heavy atom. The molecule has 120 valence electrons. The van der Waals surface area contributed by atoms with Gasteiger partial charge in [-0.15, -0.1) is 0 Å². The number of carbonyl (C=O) groups excluding carboxylic acids is 1. The molecule has 1 fully saturated rings. The molecule has 0 spiro atoms. The van der Waals surface area contributed by atoms with E-state index < -0.39 is 50.7 Å². The van der Waals surface area contributed by atoms with E-state index in [-0.39, 0.29) is 21.8 Å². The minimum absolute atomic E-state index is 0.144. The average Bonchev–Trinajstić information content (AvgIpc) is 3.18. The van der Waals surface area contributed by atoms with Gasteiger partial charge in [0.05, 0.1) is 14.2 Å². The van der Waals surface area contributed by atoms with Crippen LogP contribution in [0.4, 0.5) is 5.82 Å². The third kappa shape index (κ3) is 2.84. The molecule has 3 heterocycles. The van der Waals surface area contributed by atoms with E-state index in [1.165, 1.54) is 12.3 Å². The summed E-state index contributed by atoms with van der Waals surface area (Å²) in [6.07, 6.45) is -0.646. The van der Waals surface area contributed by atoms with Crippen LogP contribution in [0.25, 0.3) is 15.9 Å². The van der Waals surface area contributed by atoms with Crippen LogP contribution in [0.2, 0.25) is 0 Å². The van der Waals surface area contributed by atoms with Crippen LogP contribution in [0.5, 0.6) is 0 Å². The molecule has 2 aromatic heterocycles. The molecule has 7 nitrogen and oxygen atoms in total. The smallest absolute Gasteiger partial charge is 0.302 e. The van der Waals surface area contributed by atoms with Gasteiger partial charge in [-0.25, -0.2) is 16.5 Å². The van der Waals surface area contributed by atoms with E-state index in [0.717, 1.165) is 13.3 Å². The summed E-state index contributed by atoms with van der Waals surface area (Å²) in [5, 5.41) is 0.144. The maximum absolute atomic E-state index is 12.9. The van der Waals surface area contributed by atoms with Crippen molar-refractivity contribution in [3.63, 3.8) is 0 Å². The van der Waals surface area contributed by atoms with E-state index in [0.29, 0.717) is 4.90 Å². The Kier molecular flexibility index (Phi) is 1.87. The van der Waals surface area contributed by atoms with Crippen molar-refractivity contribution in [3.05, 3.63) is 30.0 Å². The number of likely N-dealkylation sites (tertiary alicyclic amines) is 1. The molecule has 0 unspecified atom stereocenters. The number of hydrogen-bond donors (Lipinski definition) is 1. The van der Waals surface area contributed by atoms with E-state index in [9.17, 15) is 4.79 Å². The number of nitrogens with zero attached hydrogens (tertiary/aromatic N) is 5. The van der Waals surface area contributed by atoms with Crippen molar-refractivity contribution in [1.29, 1.82) is 0 Å². The zero-order chi connectivity index (χ0) is 26.1. The van der Waals surface area contributed by atoms with E-state index in [4.69, 9.17) is 21.7 Å². The summed E-state index contributed by atoms with van der Waals surface area (Å²) in [6.45, 7) is -5.33. The van der Waals surface area contributed by atoms with E-state index >= 15 is 0 Å². The first-order chi connectivity index (χ1) is 15.3. The lowest BCUT2D eigenvalue weighted by atomic mass is 9.92. The Morgan fingerprint density at radius 2 is 2.61 bits per heavy atom. The molecule has 0 aromatic carbocycles. The van der Waals surface area contributed by atoms with Gasteiger partial charge in [0.15, 0.2) is 0 Å². The fraction of sp³-hybridized carbons (Fsp3) is 0.500. The van der Waals surface area contributed by atoms with Gasteiger partial charge in [0.2, 0.25) is 0 Å². The second-order valence-corrected chi connectivity index (χ2v) is 4.79. The van der Waals surface area contributed by atoms with E-state index in [1.807, 2.05) is 0 Å². The van der Waals surface area contributed by atoms with Gasteiger partial charge in [0.1, 0.15) is 20.5 Å². The van der Waals surface area contributed by atoms with E-state index in [2.05, 4.69) is 19.8 Å². The SMILES string of the molecule is [2H]C([2H])([N+]#[C-])C(=O)N1C([2H])([2H])[C@H](N(c2ncnc3[nH]ccc23)C([2H])([2H])[2H])[C@H](C)C([2H])([2H])C1([2H])[2H]. The molecule has 1 aliphatic heterocycles. The molecule has 0 radical (unpaired) electrons. The number of piperidine rings is 1. The van der Waals surface area contributed by atoms with Crippen LogP contribution in [0, 0.1) is 12.5 Å². The fourth-order valence-corrected chi connectivity index (χ4v) is 2.19. The van der Waals surface area contributed by atoms with Crippen LogP contribution in [-0.4, -0.2) is 58.3 Å². The van der Waals surface area contributed by atoms with Gasteiger partial charge in [-0.2, -0.15) is 0 Å². The molecule has 1 N–H and O–H groups in total. The lowest BCUT2D eigenvalue weighted by Crippen LogP contribution is -2.53. The Hall–Kier alpha value is -2.62. The zero-order valence-electron chi connectivity index (χ0n) is 23.0. The molecule has 1 saturated heterocycles. The Bertz CT molecular complexity index is 1150. The molecule has 1 aliphatic rings. The Labute approximate surface area is 150 Å². The van der Waals surface area contributed by atoms with Crippen molar-refractivity contribution in [2.24, 2.45) is 5.92 Å². The molecule has 2 atom stereocenters. The third-order valence-electron chi connectivity index (χ3n) is 3.33. The number of rotatable bonds is 3. The first-order valence-electron chi connectivity index (χ1n) is 12.1. The number of aromatic nitrogens is 3. The summed E-state index contributed by atoms with van der Waals surface area (Å²) in [6, 6.07) is -0.668. The first-order valence-corrected chi connectivity index (χ1v) is 6.64. The zero-order valence-corrected chi connectivity index (χ0v) is 12.0. The van der Waals surface area contributed by atoms with Gasteiger partial charge in [0.25, 0.3) is 6.50 Å². The van der Waals surface area contributed by atoms with Gasteiger partial charge in [0, 0.05) is 35.8 Å². The lowest BCUT2D eigenvalue weighted by molar-refractivity contribution is -0.130. The Morgan fingerprint density at radius 3 is 3.39 bits per heavy atom. The highest BCUT2D eigenvalue weighted by molar-refractivity contribution is 5.87. The monoisotopic (exact) mass is 323 g/mol. The summed E-state index contributed by atoms with van der Waals surface area (Å²) >= 11 is 0. The van der Waals surface area contributed by atoms with Crippen molar-refractivity contribution >= 4 is 22.8 Å². The van der Waals surface area contributed by atoms with Crippen molar-refractivity contribution < 1.29 is 19.9 Å². The number of fused-ring (bicyclic) bond motifs is 1. The molecule has 0 saturated carbocycles. The topological polar surface area (TPSA) is 69.5 Å². The number of amides is 1. The Balaban J connectivity index is 2.35. The van der Waals surface area contributed by atoms with Gasteiger partial charge in [-0.1, -0.05) is 6.92 Å². The average molecular weight is 323 g/mol. The van der Waals surface area contributed by atoms with Crippen molar-refractivity contribution in [1.82, 2.24) is 19.9 Å². The van der Waals surface area contributed by atoms with Crippen LogP contribution in [-0.2, 0) is 4.79 Å². The van der Waals surface area contributed by atoms with Crippen molar-refractivity contribution in [2.45, 2.75) is 19.3 Å². The van der Waals surface area contributed by atoms with Crippen LogP contribution < -0.4 is 4.90 Å². The highest BCUT2D eigenvalue weighted by atomic mass is 16.2. The van der Waals surface area contributed by atoms with Crippen LogP contribution >= 0.6 is 0 Å². The van der Waals surface area contributed by atoms with Crippen LogP contribution in [0.1, 0.15) is 28.4 Å². The number of likely N-dealkylation sites (N-methyl/N-ethyl adjacent to an activating group) is 1. The minimum Gasteiger partial charge on any atom is -0.354 e. The predicted octanol–water partition coefficient (Wildman–Crippen LogP) is 1.55. The minimum atomic E-state index is -3.45. The standard InChI is InChI=1S/C16H20N6O/c1-11-5-7-22(14(23)8-17-2)9-13(11)21(3)16-12-4-6-18-15(12)19-10-20-16/h4,6,10-11,13H,5,7-9H2,1,3H3,(H,18,19,20)/t11-,13+/m1/s1/i3D3,5D2,7D2,8D2,9D2. The molecular formula is C16H20N6O. The number of carbonyl (C=O) groups is 1. The summed E-state index contributed by atoms with van der Waals surface area (Å²) in [4.78, 5) is 26.2. The molecule has 7 heteroatoms. The molecule has 2 aromatic rings. The fourth-order valence-electron chi connectivity index (χ4n) is 2.19. The van der Waals surface area contributed by atoms with Crippen molar-refractivity contribution in [2.75, 3.05) is 31.4 Å². The lowest BCUT2D eigenvalue weighted by Gasteiger charge is -2.41. The quantitative estimate of drug-likeness (QED) is 0.870. The third-order valence-corrected chi connectivity index (χ3v) is 3.33. The summed E-state index contributed by atoms with van der Waals surface area (Å²) in [7, 11) is 0. The summed E-state index contributed by atoms with van der Waals surface area (Å²) in [5.41, 5.74) is 0.193. The van der Waals surface area contributed by atoms with Gasteiger partial charge in [-0.05, 0) is 18.4 Å². The number of anilines is 1. The first kappa shape index (κ1) is 6.87. The van der Waals surface area contributed by atoms with Gasteiger partial charge in [-0.3, -0.25) is 4.79 Å². The second-order valence-electron chi connectivity index (χ2n) is 4.79. The predicted molar refractivity (Wildman–Crippen MR) is 87.9 cm³/mol. The maximum atomic E-state index is 12.9. The largest absolute Gasteiger partial charge is 0.354 e. The number of H-pyrrole nitrogens is 1. The molecular weight excluding hydrogens is 292 g/mol. The maximum Gasteiger partial charge on any atom is 0.302 e. The van der Waals surface area contributed by atoms with Crippen LogP contribution in [0.3, 0.4) is 0 Å². The summed E-state index contributed by atoms with van der Waals surface area (Å²) < 4.78 is 90.2. The number of nitrogens with one attached hydrogen (secondary N) is 1. The number of aromatic amines is 1. The van der Waals surface area contributed by atoms with E-state index in [1.54, 1.807) is 0 Å². The molecule has 3 rings (SSSR count). The molecule has 0 aliphatic carbocycles. The number of hydrogen-bond acceptors (Lipinski definition) is 4. The second kappa shape index (κ2) is 6.24.